The van der Waals surface area contributed by atoms with E-state index < -0.39 is 12.6 Å². The Hall–Kier alpha value is -1.50. The van der Waals surface area contributed by atoms with Crippen molar-refractivity contribution in [1.82, 2.24) is 15.0 Å². The molecular formula is C20H36FN3O3. The molecule has 1 aromatic rings. The van der Waals surface area contributed by atoms with E-state index in [1.807, 2.05) is 0 Å². The molecule has 1 aromatic heterocycles. The number of unbranched alkanes of at least 4 members (excludes halogenated alkanes) is 11. The van der Waals surface area contributed by atoms with Crippen LogP contribution < -0.4 is 0 Å². The molecule has 0 aromatic carbocycles. The molecule has 0 radical (unpaired) electrons. The van der Waals surface area contributed by atoms with Gasteiger partial charge in [-0.3, -0.25) is 4.79 Å². The number of alkyl halides is 1. The Morgan fingerprint density at radius 2 is 1.52 bits per heavy atom. The average Bonchev–Trinajstić information content (AvgIpc) is 3.09. The molecule has 0 atom stereocenters. The second kappa shape index (κ2) is 16.7. The number of carboxylic acid groups (broad SMARTS) is 1. The largest absolute Gasteiger partial charge is 0.481 e. The summed E-state index contributed by atoms with van der Waals surface area (Å²) in [6.45, 7) is 0.999. The normalized spacial score (nSPS) is 11.1. The van der Waals surface area contributed by atoms with Crippen LogP contribution in [0.4, 0.5) is 4.39 Å². The zero-order chi connectivity index (χ0) is 19.6. The quantitative estimate of drug-likeness (QED) is 0.343. The summed E-state index contributed by atoms with van der Waals surface area (Å²) in [7, 11) is 0. The summed E-state index contributed by atoms with van der Waals surface area (Å²) >= 11 is 0. The third-order valence-electron chi connectivity index (χ3n) is 4.58. The predicted octanol–water partition coefficient (Wildman–Crippen LogP) is 4.92. The van der Waals surface area contributed by atoms with Gasteiger partial charge in [0.1, 0.15) is 12.4 Å². The lowest BCUT2D eigenvalue weighted by Crippen LogP contribution is -1.99. The Bertz CT molecular complexity index is 483. The smallest absolute Gasteiger partial charge is 0.303 e. The van der Waals surface area contributed by atoms with E-state index in [0.29, 0.717) is 13.0 Å². The van der Waals surface area contributed by atoms with E-state index in [2.05, 4.69) is 10.3 Å². The van der Waals surface area contributed by atoms with Gasteiger partial charge in [-0.25, -0.2) is 9.07 Å². The molecule has 6 nitrogen and oxygen atoms in total. The van der Waals surface area contributed by atoms with E-state index >= 15 is 0 Å². The maximum Gasteiger partial charge on any atom is 0.303 e. The molecule has 1 heterocycles. The Balaban J connectivity index is 1.76. The molecule has 0 bridgehead atoms. The number of nitrogens with zero attached hydrogens (tertiary/aromatic N) is 3. The van der Waals surface area contributed by atoms with Crippen LogP contribution >= 0.6 is 0 Å². The third kappa shape index (κ3) is 14.3. The Morgan fingerprint density at radius 3 is 2.07 bits per heavy atom. The maximum absolute atomic E-state index is 12.2. The van der Waals surface area contributed by atoms with Crippen LogP contribution in [0.5, 0.6) is 0 Å². The number of aliphatic carboxylic acids is 1. The SMILES string of the molecule is O=C(O)CCCCCCCCCCCCCCOCc1cn(CC[18F])nn1. The summed E-state index contributed by atoms with van der Waals surface area (Å²) in [5, 5.41) is 16.3. The molecular weight excluding hydrogens is 348 g/mol. The van der Waals surface area contributed by atoms with Gasteiger partial charge in [0.05, 0.1) is 19.3 Å². The van der Waals surface area contributed by atoms with Gasteiger partial charge < -0.3 is 9.84 Å². The zero-order valence-electron chi connectivity index (χ0n) is 16.6. The van der Waals surface area contributed by atoms with Crippen molar-refractivity contribution in [3.05, 3.63) is 11.9 Å². The second-order valence-electron chi connectivity index (χ2n) is 7.10. The lowest BCUT2D eigenvalue weighted by atomic mass is 10.0. The molecule has 27 heavy (non-hydrogen) atoms. The molecule has 0 aliphatic rings. The lowest BCUT2D eigenvalue weighted by molar-refractivity contribution is -0.137. The van der Waals surface area contributed by atoms with Crippen LogP contribution in [-0.4, -0.2) is 39.4 Å². The fourth-order valence-corrected chi connectivity index (χ4v) is 3.03. The highest BCUT2D eigenvalue weighted by molar-refractivity contribution is 5.66. The van der Waals surface area contributed by atoms with Gasteiger partial charge in [-0.1, -0.05) is 69.4 Å². The fraction of sp³-hybridized carbons (Fsp3) is 0.850. The van der Waals surface area contributed by atoms with E-state index in [-0.39, 0.29) is 6.54 Å². The van der Waals surface area contributed by atoms with E-state index in [9.17, 15) is 9.18 Å². The van der Waals surface area contributed by atoms with Crippen LogP contribution in [0.25, 0.3) is 0 Å². The second-order valence-corrected chi connectivity index (χ2v) is 7.10. The number of aryl methyl sites for hydroxylation is 1. The summed E-state index contributed by atoms with van der Waals surface area (Å²) in [5.74, 6) is -0.680. The predicted molar refractivity (Wildman–Crippen MR) is 103 cm³/mol. The molecule has 0 aliphatic heterocycles. The zero-order valence-corrected chi connectivity index (χ0v) is 16.6. The van der Waals surface area contributed by atoms with Crippen molar-refractivity contribution in [2.75, 3.05) is 13.3 Å². The lowest BCUT2D eigenvalue weighted by Gasteiger charge is -2.04. The molecule has 0 unspecified atom stereocenters. The van der Waals surface area contributed by atoms with E-state index in [1.54, 1.807) is 6.20 Å². The molecule has 0 amide bonds. The Morgan fingerprint density at radius 1 is 0.963 bits per heavy atom. The highest BCUT2D eigenvalue weighted by atomic mass is 18.2. The van der Waals surface area contributed by atoms with Gasteiger partial charge in [0.25, 0.3) is 0 Å². The fourth-order valence-electron chi connectivity index (χ4n) is 3.03. The molecule has 0 spiro atoms. The van der Waals surface area contributed by atoms with Gasteiger partial charge in [0.15, 0.2) is 0 Å². The van der Waals surface area contributed by atoms with Gasteiger partial charge in [0, 0.05) is 13.0 Å². The molecule has 0 saturated heterocycles. The van der Waals surface area contributed by atoms with Crippen LogP contribution in [-0.2, 0) is 22.7 Å². The van der Waals surface area contributed by atoms with E-state index in [0.717, 1.165) is 31.6 Å². The minimum absolute atomic E-state index is 0.250. The van der Waals surface area contributed by atoms with Crippen molar-refractivity contribution >= 4 is 5.97 Å². The Kier molecular flexibility index (Phi) is 14.5. The topological polar surface area (TPSA) is 77.2 Å². The van der Waals surface area contributed by atoms with Crippen LogP contribution in [0.1, 0.15) is 89.2 Å². The van der Waals surface area contributed by atoms with Crippen LogP contribution in [0.3, 0.4) is 0 Å². The minimum atomic E-state index is -0.680. The first-order valence-corrected chi connectivity index (χ1v) is 10.5. The van der Waals surface area contributed by atoms with Gasteiger partial charge in [-0.2, -0.15) is 0 Å². The van der Waals surface area contributed by atoms with E-state index in [1.165, 1.54) is 62.5 Å². The molecule has 0 saturated carbocycles. The molecule has 0 fully saturated rings. The van der Waals surface area contributed by atoms with E-state index in [4.69, 9.17) is 9.84 Å². The summed E-state index contributed by atoms with van der Waals surface area (Å²) < 4.78 is 19.3. The minimum Gasteiger partial charge on any atom is -0.481 e. The number of hydrogen-bond donors (Lipinski definition) is 1. The molecule has 1 rings (SSSR count). The number of hydrogen-bond acceptors (Lipinski definition) is 4. The summed E-state index contributed by atoms with van der Waals surface area (Å²) in [4.78, 5) is 10.4. The summed E-state index contributed by atoms with van der Waals surface area (Å²) in [6, 6.07) is 0. The average molecular weight is 385 g/mol. The van der Waals surface area contributed by atoms with Crippen molar-refractivity contribution < 1.29 is 19.0 Å². The summed E-state index contributed by atoms with van der Waals surface area (Å²) in [5.41, 5.74) is 0.755. The van der Waals surface area contributed by atoms with Crippen molar-refractivity contribution in [2.45, 2.75) is 96.6 Å². The van der Waals surface area contributed by atoms with Gasteiger partial charge in [-0.15, -0.1) is 5.10 Å². The number of ether oxygens (including phenoxy) is 1. The molecule has 1 N–H and O–H groups in total. The first-order valence-electron chi connectivity index (χ1n) is 10.5. The first-order chi connectivity index (χ1) is 13.2. The standard InChI is InChI=1S/C20H36FN3O3/c21-14-15-24-17-19(22-23-24)18-27-16-12-10-8-6-4-2-1-3-5-7-9-11-13-20(25)26/h17H,1-16,18H2,(H,25,26)/i21-1. The monoisotopic (exact) mass is 384 g/mol. The number of rotatable bonds is 19. The van der Waals surface area contributed by atoms with Gasteiger partial charge in [-0.05, 0) is 12.8 Å². The highest BCUT2D eigenvalue weighted by Gasteiger charge is 2.01. The highest BCUT2D eigenvalue weighted by Crippen LogP contribution is 2.12. The van der Waals surface area contributed by atoms with Crippen LogP contribution in [0, 0.1) is 0 Å². The van der Waals surface area contributed by atoms with Crippen molar-refractivity contribution in [3.63, 3.8) is 0 Å². The van der Waals surface area contributed by atoms with Crippen molar-refractivity contribution in [1.29, 1.82) is 0 Å². The number of aromatic nitrogens is 3. The number of carbonyl (C=O) groups is 1. The van der Waals surface area contributed by atoms with Crippen molar-refractivity contribution in [3.8, 4) is 0 Å². The van der Waals surface area contributed by atoms with Crippen molar-refractivity contribution in [2.24, 2.45) is 0 Å². The first kappa shape index (κ1) is 23.5. The van der Waals surface area contributed by atoms with Crippen LogP contribution in [0.15, 0.2) is 6.20 Å². The molecule has 0 aliphatic carbocycles. The number of halogens is 1. The maximum atomic E-state index is 12.2. The van der Waals surface area contributed by atoms with Gasteiger partial charge >= 0.3 is 5.97 Å². The molecule has 156 valence electrons. The Labute approximate surface area is 162 Å². The summed E-state index contributed by atoms with van der Waals surface area (Å²) in [6.07, 6.45) is 16.3. The van der Waals surface area contributed by atoms with Crippen LogP contribution in [0.2, 0.25) is 0 Å². The third-order valence-corrected chi connectivity index (χ3v) is 4.58. The van der Waals surface area contributed by atoms with Gasteiger partial charge in [0.2, 0.25) is 0 Å². The molecule has 7 heteroatoms. The number of carboxylic acids is 1.